The van der Waals surface area contributed by atoms with Crippen LogP contribution in [0.4, 0.5) is 0 Å². The number of rotatable bonds is 5. The molecule has 0 radical (unpaired) electrons. The summed E-state index contributed by atoms with van der Waals surface area (Å²) in [7, 11) is 0. The van der Waals surface area contributed by atoms with E-state index in [0.717, 1.165) is 10.7 Å². The van der Waals surface area contributed by atoms with Gasteiger partial charge in [0.15, 0.2) is 0 Å². The van der Waals surface area contributed by atoms with Crippen molar-refractivity contribution in [2.45, 2.75) is 0 Å². The molecule has 3 nitrogen and oxygen atoms in total. The number of benzene rings is 1. The fraction of sp³-hybridized carbons (Fsp3) is 0.182. The van der Waals surface area contributed by atoms with Crippen LogP contribution in [0.2, 0.25) is 0 Å². The van der Waals surface area contributed by atoms with Gasteiger partial charge in [-0.3, -0.25) is 0 Å². The lowest BCUT2D eigenvalue weighted by molar-refractivity contribution is -0.588. The first-order valence-electron chi connectivity index (χ1n) is 4.82. The molecule has 1 aromatic carbocycles. The summed E-state index contributed by atoms with van der Waals surface area (Å²) >= 11 is 6.59. The number of esters is 1. The van der Waals surface area contributed by atoms with Gasteiger partial charge in [0.05, 0.1) is 11.8 Å². The Morgan fingerprint density at radius 2 is 2.12 bits per heavy atom. The van der Waals surface area contributed by atoms with Crippen molar-refractivity contribution >= 4 is 73.7 Å². The van der Waals surface area contributed by atoms with Crippen molar-refractivity contribution in [3.8, 4) is 0 Å². The third-order valence-electron chi connectivity index (χ3n) is 1.90. The van der Waals surface area contributed by atoms with Gasteiger partial charge in [-0.15, -0.1) is 0 Å². The number of hydrogen-bond donors (Lipinski definition) is 1. The molecule has 0 bridgehead atoms. The van der Waals surface area contributed by atoms with Gasteiger partial charge < -0.3 is 10.1 Å². The predicted octanol–water partition coefficient (Wildman–Crippen LogP) is 2.36. The van der Waals surface area contributed by atoms with E-state index in [1.807, 2.05) is 17.4 Å². The third-order valence-corrected chi connectivity index (χ3v) is 5.57. The Kier molecular flexibility index (Phi) is 7.26. The zero-order valence-corrected chi connectivity index (χ0v) is 15.4. The van der Waals surface area contributed by atoms with Crippen LogP contribution in [0.25, 0.3) is 0 Å². The summed E-state index contributed by atoms with van der Waals surface area (Å²) in [6.07, 6.45) is 1.70. The van der Waals surface area contributed by atoms with E-state index in [2.05, 4.69) is 74.4 Å². The fourth-order valence-electron chi connectivity index (χ4n) is 1.12. The third kappa shape index (κ3) is 4.99. The molecule has 6 heteroatoms. The minimum atomic E-state index is -0.261. The Labute approximate surface area is 141 Å². The highest BCUT2D eigenvalue weighted by Crippen LogP contribution is 2.23. The minimum absolute atomic E-state index is 0.261. The summed E-state index contributed by atoms with van der Waals surface area (Å²) in [6, 6.07) is 3.88. The second-order valence-electron chi connectivity index (χ2n) is 3.15. The van der Waals surface area contributed by atoms with Crippen molar-refractivity contribution < 1.29 is 14.8 Å². The van der Waals surface area contributed by atoms with Crippen LogP contribution < -0.4 is 5.32 Å². The van der Waals surface area contributed by atoms with Crippen LogP contribution in [-0.4, -0.2) is 19.1 Å². The highest BCUT2D eigenvalue weighted by Gasteiger charge is 2.14. The average Bonchev–Trinajstić information content (AvgIpc) is 2.29. The number of carbonyl (C=O) groups excluding carboxylic acids is 1. The molecule has 2 N–H and O–H groups in total. The normalized spacial score (nSPS) is 10.1. The van der Waals surface area contributed by atoms with Gasteiger partial charge in [-0.05, 0) is 86.5 Å². The Morgan fingerprint density at radius 1 is 1.41 bits per heavy atom. The average molecular weight is 570 g/mol. The smallest absolute Gasteiger partial charge is 0.339 e. The molecule has 92 valence electrons. The van der Waals surface area contributed by atoms with E-state index >= 15 is 0 Å². The fourth-order valence-corrected chi connectivity index (χ4v) is 3.50. The minimum Gasteiger partial charge on any atom is -0.456 e. The standard InChI is InChI=1S/C11H10I3NO2/c1-2-15-3-4-17-11(16)8-5-7(12)6-9(13)10(8)14/h2,5-6,15H,1,3-4H2/p+1. The van der Waals surface area contributed by atoms with Gasteiger partial charge in [0.1, 0.15) is 13.2 Å². The van der Waals surface area contributed by atoms with Crippen LogP contribution in [0.3, 0.4) is 0 Å². The molecular weight excluding hydrogens is 559 g/mol. The summed E-state index contributed by atoms with van der Waals surface area (Å²) in [5.41, 5.74) is 0.639. The zero-order valence-electron chi connectivity index (χ0n) is 8.88. The van der Waals surface area contributed by atoms with Crippen molar-refractivity contribution in [1.82, 2.24) is 0 Å². The maximum Gasteiger partial charge on any atom is 0.339 e. The lowest BCUT2D eigenvalue weighted by atomic mass is 10.2. The summed E-state index contributed by atoms with van der Waals surface area (Å²) in [5, 5.41) is 1.87. The van der Waals surface area contributed by atoms with Crippen LogP contribution in [0.15, 0.2) is 24.9 Å². The molecule has 0 aromatic heterocycles. The molecule has 0 saturated heterocycles. The Hall–Kier alpha value is 0.580. The van der Waals surface area contributed by atoms with E-state index in [1.165, 1.54) is 0 Å². The van der Waals surface area contributed by atoms with Crippen LogP contribution in [0, 0.1) is 10.7 Å². The van der Waals surface area contributed by atoms with E-state index in [4.69, 9.17) is 4.74 Å². The van der Waals surface area contributed by atoms with Gasteiger partial charge in [-0.1, -0.05) is 0 Å². The molecule has 0 saturated carbocycles. The molecule has 0 spiro atoms. The SMILES string of the molecule is C=C[NH2+]CCOC(=O)c1cc(I)cc(I)c1I. The molecular formula is C11H11I3NO2+. The van der Waals surface area contributed by atoms with Crippen molar-refractivity contribution in [1.29, 1.82) is 0 Å². The molecule has 0 fully saturated rings. The van der Waals surface area contributed by atoms with Gasteiger partial charge in [0.2, 0.25) is 0 Å². The molecule has 0 heterocycles. The summed E-state index contributed by atoms with van der Waals surface area (Å²) in [6.45, 7) is 4.67. The highest BCUT2D eigenvalue weighted by atomic mass is 127. The quantitative estimate of drug-likeness (QED) is 0.256. The first kappa shape index (κ1) is 15.6. The number of halogens is 3. The number of hydrogen-bond acceptors (Lipinski definition) is 2. The first-order chi connectivity index (χ1) is 8.06. The molecule has 0 amide bonds. The molecule has 1 aromatic rings. The van der Waals surface area contributed by atoms with Crippen molar-refractivity contribution in [3.63, 3.8) is 0 Å². The number of ether oxygens (including phenoxy) is 1. The van der Waals surface area contributed by atoms with Gasteiger partial charge in [-0.25, -0.2) is 4.79 Å². The van der Waals surface area contributed by atoms with Crippen molar-refractivity contribution in [2.24, 2.45) is 0 Å². The number of nitrogens with two attached hydrogens (primary N) is 1. The van der Waals surface area contributed by atoms with E-state index in [0.29, 0.717) is 18.7 Å². The predicted molar refractivity (Wildman–Crippen MR) is 91.9 cm³/mol. The maximum absolute atomic E-state index is 11.9. The molecule has 1 rings (SSSR count). The number of quaternary nitrogens is 1. The maximum atomic E-state index is 11.9. The highest BCUT2D eigenvalue weighted by molar-refractivity contribution is 14.1. The van der Waals surface area contributed by atoms with Crippen LogP contribution in [-0.2, 0) is 4.74 Å². The summed E-state index contributed by atoms with van der Waals surface area (Å²) in [4.78, 5) is 11.9. The van der Waals surface area contributed by atoms with E-state index in [-0.39, 0.29) is 5.97 Å². The van der Waals surface area contributed by atoms with Gasteiger partial charge in [0.25, 0.3) is 0 Å². The van der Waals surface area contributed by atoms with E-state index in [9.17, 15) is 4.79 Å². The Morgan fingerprint density at radius 3 is 2.76 bits per heavy atom. The first-order valence-corrected chi connectivity index (χ1v) is 8.05. The topological polar surface area (TPSA) is 42.9 Å². The largest absolute Gasteiger partial charge is 0.456 e. The second-order valence-corrected chi connectivity index (χ2v) is 6.63. The zero-order chi connectivity index (χ0) is 12.8. The second kappa shape index (κ2) is 7.89. The molecule has 0 unspecified atom stereocenters. The summed E-state index contributed by atoms with van der Waals surface area (Å²) in [5.74, 6) is -0.261. The van der Waals surface area contributed by atoms with E-state index in [1.54, 1.807) is 6.20 Å². The van der Waals surface area contributed by atoms with E-state index < -0.39 is 0 Å². The Balaban J connectivity index is 2.71. The van der Waals surface area contributed by atoms with Crippen molar-refractivity contribution in [2.75, 3.05) is 13.2 Å². The lowest BCUT2D eigenvalue weighted by Crippen LogP contribution is -2.78. The Bertz CT molecular complexity index is 435. The molecule has 0 aliphatic heterocycles. The number of carbonyl (C=O) groups is 1. The summed E-state index contributed by atoms with van der Waals surface area (Å²) < 4.78 is 8.25. The van der Waals surface area contributed by atoms with Gasteiger partial charge in [0, 0.05) is 10.7 Å². The van der Waals surface area contributed by atoms with Crippen LogP contribution >= 0.6 is 67.8 Å². The van der Waals surface area contributed by atoms with Gasteiger partial charge >= 0.3 is 5.97 Å². The van der Waals surface area contributed by atoms with Crippen LogP contribution in [0.1, 0.15) is 10.4 Å². The molecule has 0 atom stereocenters. The lowest BCUT2D eigenvalue weighted by Gasteiger charge is -2.07. The molecule has 0 aliphatic carbocycles. The molecule has 17 heavy (non-hydrogen) atoms. The molecule has 0 aliphatic rings. The van der Waals surface area contributed by atoms with Crippen molar-refractivity contribution in [3.05, 3.63) is 41.2 Å². The monoisotopic (exact) mass is 570 g/mol. The van der Waals surface area contributed by atoms with Gasteiger partial charge in [-0.2, -0.15) is 0 Å². The van der Waals surface area contributed by atoms with Crippen LogP contribution in [0.5, 0.6) is 0 Å².